The van der Waals surface area contributed by atoms with Gasteiger partial charge in [-0.1, -0.05) is 75.7 Å². The lowest BCUT2D eigenvalue weighted by Gasteiger charge is -2.29. The Kier molecular flexibility index (Phi) is 8.03. The van der Waals surface area contributed by atoms with Gasteiger partial charge in [-0.3, -0.25) is 9.88 Å². The van der Waals surface area contributed by atoms with Gasteiger partial charge in [0.05, 0.1) is 5.69 Å². The van der Waals surface area contributed by atoms with Crippen molar-refractivity contribution >= 4 is 0 Å². The Balaban J connectivity index is 1.94. The van der Waals surface area contributed by atoms with Crippen molar-refractivity contribution in [1.82, 2.24) is 9.88 Å². The maximum absolute atomic E-state index is 5.13. The zero-order valence-electron chi connectivity index (χ0n) is 20.2. The maximum Gasteiger partial charge on any atom is 0.0713 e. The molecule has 1 heterocycles. The number of benzene rings is 2. The molecule has 0 amide bonds. The summed E-state index contributed by atoms with van der Waals surface area (Å²) in [7, 11) is 2.25. The first-order valence-electron chi connectivity index (χ1n) is 11.8. The van der Waals surface area contributed by atoms with Gasteiger partial charge in [-0.05, 0) is 74.0 Å². The SMILES string of the molecule is CCCC(c1ccccc1)N(C)Cc1c(C)cc(-c2c(CC)cccc2CC)nc1C. The lowest BCUT2D eigenvalue weighted by molar-refractivity contribution is 0.222. The van der Waals surface area contributed by atoms with E-state index >= 15 is 0 Å². The highest BCUT2D eigenvalue weighted by atomic mass is 15.1. The summed E-state index contributed by atoms with van der Waals surface area (Å²) >= 11 is 0. The highest BCUT2D eigenvalue weighted by Gasteiger charge is 2.19. The first-order valence-corrected chi connectivity index (χ1v) is 11.8. The molecule has 3 aromatic rings. The third kappa shape index (κ3) is 5.25. The quantitative estimate of drug-likeness (QED) is 0.361. The Labute approximate surface area is 189 Å². The van der Waals surface area contributed by atoms with Crippen LogP contribution in [0.25, 0.3) is 11.3 Å². The van der Waals surface area contributed by atoms with Crippen molar-refractivity contribution in [1.29, 1.82) is 0 Å². The molecule has 0 aliphatic rings. The van der Waals surface area contributed by atoms with Crippen molar-refractivity contribution in [3.8, 4) is 11.3 Å². The number of rotatable bonds is 9. The summed E-state index contributed by atoms with van der Waals surface area (Å²) in [6.45, 7) is 12.1. The van der Waals surface area contributed by atoms with Crippen LogP contribution in [-0.2, 0) is 19.4 Å². The second-order valence-electron chi connectivity index (χ2n) is 8.68. The number of nitrogens with zero attached hydrogens (tertiary/aromatic N) is 2. The number of aryl methyl sites for hydroxylation is 4. The van der Waals surface area contributed by atoms with E-state index in [0.29, 0.717) is 6.04 Å². The summed E-state index contributed by atoms with van der Waals surface area (Å²) in [6.07, 6.45) is 4.40. The van der Waals surface area contributed by atoms with E-state index in [4.69, 9.17) is 4.98 Å². The first kappa shape index (κ1) is 23.2. The van der Waals surface area contributed by atoms with E-state index in [1.54, 1.807) is 0 Å². The molecule has 2 heteroatoms. The summed E-state index contributed by atoms with van der Waals surface area (Å²) in [4.78, 5) is 7.62. The Morgan fingerprint density at radius 2 is 1.52 bits per heavy atom. The number of aromatic nitrogens is 1. The van der Waals surface area contributed by atoms with Crippen molar-refractivity contribution in [3.05, 3.63) is 88.1 Å². The highest BCUT2D eigenvalue weighted by molar-refractivity contribution is 5.69. The van der Waals surface area contributed by atoms with Crippen molar-refractivity contribution in [2.24, 2.45) is 0 Å². The molecule has 0 aliphatic heterocycles. The highest BCUT2D eigenvalue weighted by Crippen LogP contribution is 2.32. The van der Waals surface area contributed by atoms with E-state index in [9.17, 15) is 0 Å². The van der Waals surface area contributed by atoms with Crippen LogP contribution in [0.2, 0.25) is 0 Å². The summed E-state index contributed by atoms with van der Waals surface area (Å²) in [6, 6.07) is 20.3. The third-order valence-corrected chi connectivity index (χ3v) is 6.50. The summed E-state index contributed by atoms with van der Waals surface area (Å²) in [5, 5.41) is 0. The van der Waals surface area contributed by atoms with Crippen LogP contribution in [0.3, 0.4) is 0 Å². The molecule has 1 unspecified atom stereocenters. The van der Waals surface area contributed by atoms with Gasteiger partial charge in [0.2, 0.25) is 0 Å². The molecule has 2 aromatic carbocycles. The standard InChI is InChI=1S/C29H38N2/c1-7-14-28(25-15-11-10-12-16-25)31(6)20-26-21(4)19-27(30-22(26)5)29-23(8-2)17-13-18-24(29)9-3/h10-13,15-19,28H,7-9,14,20H2,1-6H3. The Morgan fingerprint density at radius 1 is 0.871 bits per heavy atom. The second kappa shape index (κ2) is 10.7. The van der Waals surface area contributed by atoms with Gasteiger partial charge < -0.3 is 0 Å². The summed E-state index contributed by atoms with van der Waals surface area (Å²) < 4.78 is 0. The molecule has 0 aliphatic carbocycles. The second-order valence-corrected chi connectivity index (χ2v) is 8.68. The minimum absolute atomic E-state index is 0.428. The molecule has 0 saturated carbocycles. The molecule has 0 spiro atoms. The smallest absolute Gasteiger partial charge is 0.0713 e. The first-order chi connectivity index (χ1) is 15.0. The molecule has 164 valence electrons. The number of pyridine rings is 1. The van der Waals surface area contributed by atoms with Crippen molar-refractivity contribution < 1.29 is 0 Å². The Bertz CT molecular complexity index is 946. The topological polar surface area (TPSA) is 16.1 Å². The molecular weight excluding hydrogens is 376 g/mol. The minimum Gasteiger partial charge on any atom is -0.295 e. The van der Waals surface area contributed by atoms with Crippen molar-refractivity contribution in [2.75, 3.05) is 7.05 Å². The van der Waals surface area contributed by atoms with Gasteiger partial charge in [0.15, 0.2) is 0 Å². The molecule has 0 N–H and O–H groups in total. The summed E-state index contributed by atoms with van der Waals surface area (Å²) in [5.41, 5.74) is 10.5. The summed E-state index contributed by atoms with van der Waals surface area (Å²) in [5.74, 6) is 0. The maximum atomic E-state index is 5.13. The van der Waals surface area contributed by atoms with Crippen LogP contribution in [0, 0.1) is 13.8 Å². The van der Waals surface area contributed by atoms with Crippen LogP contribution in [0.4, 0.5) is 0 Å². The van der Waals surface area contributed by atoms with Crippen LogP contribution in [0.1, 0.15) is 73.2 Å². The molecule has 0 radical (unpaired) electrons. The minimum atomic E-state index is 0.428. The van der Waals surface area contributed by atoms with E-state index < -0.39 is 0 Å². The zero-order valence-corrected chi connectivity index (χ0v) is 20.2. The molecule has 0 saturated heterocycles. The van der Waals surface area contributed by atoms with Gasteiger partial charge in [-0.15, -0.1) is 0 Å². The van der Waals surface area contributed by atoms with Crippen molar-refractivity contribution in [3.63, 3.8) is 0 Å². The van der Waals surface area contributed by atoms with Gasteiger partial charge in [0, 0.05) is 23.8 Å². The van der Waals surface area contributed by atoms with Crippen LogP contribution >= 0.6 is 0 Å². The van der Waals surface area contributed by atoms with Gasteiger partial charge in [-0.25, -0.2) is 0 Å². The Morgan fingerprint density at radius 3 is 2.06 bits per heavy atom. The molecule has 3 rings (SSSR count). The van der Waals surface area contributed by atoms with E-state index in [2.05, 4.69) is 101 Å². The third-order valence-electron chi connectivity index (χ3n) is 6.50. The average Bonchev–Trinajstić information content (AvgIpc) is 2.79. The normalized spacial score (nSPS) is 12.4. The zero-order chi connectivity index (χ0) is 22.4. The van der Waals surface area contributed by atoms with Crippen LogP contribution in [-0.4, -0.2) is 16.9 Å². The lowest BCUT2D eigenvalue weighted by Crippen LogP contribution is -2.25. The monoisotopic (exact) mass is 414 g/mol. The van der Waals surface area contributed by atoms with E-state index in [1.807, 2.05) is 0 Å². The predicted octanol–water partition coefficient (Wildman–Crippen LogP) is 7.46. The average molecular weight is 415 g/mol. The van der Waals surface area contributed by atoms with E-state index in [1.165, 1.54) is 39.8 Å². The molecule has 0 fully saturated rings. The van der Waals surface area contributed by atoms with Crippen LogP contribution in [0.5, 0.6) is 0 Å². The molecule has 2 nitrogen and oxygen atoms in total. The van der Waals surface area contributed by atoms with E-state index in [-0.39, 0.29) is 0 Å². The molecular formula is C29H38N2. The molecule has 31 heavy (non-hydrogen) atoms. The van der Waals surface area contributed by atoms with Gasteiger partial charge in [-0.2, -0.15) is 0 Å². The number of hydrogen-bond acceptors (Lipinski definition) is 2. The molecule has 0 bridgehead atoms. The number of hydrogen-bond donors (Lipinski definition) is 0. The fourth-order valence-corrected chi connectivity index (χ4v) is 4.75. The van der Waals surface area contributed by atoms with Crippen molar-refractivity contribution in [2.45, 2.75) is 72.9 Å². The van der Waals surface area contributed by atoms with Crippen LogP contribution in [0.15, 0.2) is 54.6 Å². The van der Waals surface area contributed by atoms with Gasteiger partial charge in [0.1, 0.15) is 0 Å². The fraction of sp³-hybridized carbons (Fsp3) is 0.414. The largest absolute Gasteiger partial charge is 0.295 e. The lowest BCUT2D eigenvalue weighted by atomic mass is 9.93. The molecule has 1 aromatic heterocycles. The predicted molar refractivity (Wildman–Crippen MR) is 133 cm³/mol. The van der Waals surface area contributed by atoms with E-state index in [0.717, 1.165) is 37.2 Å². The molecule has 1 atom stereocenters. The van der Waals surface area contributed by atoms with Gasteiger partial charge >= 0.3 is 0 Å². The Hall–Kier alpha value is -2.45. The fourth-order valence-electron chi connectivity index (χ4n) is 4.75. The van der Waals surface area contributed by atoms with Crippen LogP contribution < -0.4 is 0 Å². The van der Waals surface area contributed by atoms with Gasteiger partial charge in [0.25, 0.3) is 0 Å².